The molecule has 2 rings (SSSR count). The van der Waals surface area contributed by atoms with Crippen molar-refractivity contribution in [1.29, 1.82) is 0 Å². The summed E-state index contributed by atoms with van der Waals surface area (Å²) in [7, 11) is 0. The van der Waals surface area contributed by atoms with E-state index in [4.69, 9.17) is 5.11 Å². The maximum absolute atomic E-state index is 9.18. The van der Waals surface area contributed by atoms with Crippen molar-refractivity contribution in [2.75, 3.05) is 13.2 Å². The van der Waals surface area contributed by atoms with Crippen LogP contribution in [0.2, 0.25) is 0 Å². The Labute approximate surface area is 99.1 Å². The van der Waals surface area contributed by atoms with Crippen LogP contribution in [0.15, 0.2) is 0 Å². The summed E-state index contributed by atoms with van der Waals surface area (Å²) in [5.74, 6) is 3.24. The van der Waals surface area contributed by atoms with E-state index in [1.54, 1.807) is 0 Å². The highest BCUT2D eigenvalue weighted by molar-refractivity contribution is 4.88. The normalized spacial score (nSPS) is 39.4. The van der Waals surface area contributed by atoms with E-state index in [1.807, 2.05) is 0 Å². The topological polar surface area (TPSA) is 40.5 Å². The van der Waals surface area contributed by atoms with Crippen molar-refractivity contribution in [1.82, 2.24) is 0 Å². The van der Waals surface area contributed by atoms with Gasteiger partial charge in [-0.1, -0.05) is 19.3 Å². The van der Waals surface area contributed by atoms with Gasteiger partial charge in [-0.25, -0.2) is 0 Å². The molecule has 0 aliphatic heterocycles. The van der Waals surface area contributed by atoms with Crippen LogP contribution in [0.5, 0.6) is 0 Å². The van der Waals surface area contributed by atoms with E-state index in [9.17, 15) is 5.11 Å². The number of aliphatic hydroxyl groups excluding tert-OH is 2. The maximum Gasteiger partial charge on any atom is 0.0433 e. The summed E-state index contributed by atoms with van der Waals surface area (Å²) < 4.78 is 0. The third-order valence-electron chi connectivity index (χ3n) is 4.88. The summed E-state index contributed by atoms with van der Waals surface area (Å²) in [5.41, 5.74) is 0. The zero-order chi connectivity index (χ0) is 11.4. The molecular weight excluding hydrogens is 200 g/mol. The summed E-state index contributed by atoms with van der Waals surface area (Å²) in [6, 6.07) is 0. The van der Waals surface area contributed by atoms with Gasteiger partial charge >= 0.3 is 0 Å². The molecule has 0 aromatic heterocycles. The highest BCUT2D eigenvalue weighted by atomic mass is 16.3. The van der Waals surface area contributed by atoms with Gasteiger partial charge in [-0.05, 0) is 55.8 Å². The standard InChI is InChI=1S/C14H26O2/c15-7-5-11-9-12-3-1-2-4-14(12)13(10-11)6-8-16/h11-16H,1-10H2. The number of aliphatic hydroxyl groups is 2. The number of hydrogen-bond donors (Lipinski definition) is 2. The smallest absolute Gasteiger partial charge is 0.0433 e. The minimum Gasteiger partial charge on any atom is -0.396 e. The van der Waals surface area contributed by atoms with Crippen molar-refractivity contribution in [3.05, 3.63) is 0 Å². The first-order chi connectivity index (χ1) is 7.85. The highest BCUT2D eigenvalue weighted by Crippen LogP contribution is 2.47. The SMILES string of the molecule is OCCC1CC(CCO)C2CCCCC2C1. The Bertz CT molecular complexity index is 205. The van der Waals surface area contributed by atoms with Gasteiger partial charge in [0.15, 0.2) is 0 Å². The van der Waals surface area contributed by atoms with Gasteiger partial charge in [0, 0.05) is 13.2 Å². The van der Waals surface area contributed by atoms with Gasteiger partial charge in [0.25, 0.3) is 0 Å². The van der Waals surface area contributed by atoms with Gasteiger partial charge in [0.1, 0.15) is 0 Å². The fraction of sp³-hybridized carbons (Fsp3) is 1.00. The molecule has 2 fully saturated rings. The number of hydrogen-bond acceptors (Lipinski definition) is 2. The molecule has 2 saturated carbocycles. The summed E-state index contributed by atoms with van der Waals surface area (Å²) in [6.07, 6.45) is 10.1. The Balaban J connectivity index is 1.97. The molecule has 0 amide bonds. The predicted molar refractivity (Wildman–Crippen MR) is 65.1 cm³/mol. The zero-order valence-corrected chi connectivity index (χ0v) is 10.3. The second-order valence-corrected chi connectivity index (χ2v) is 5.83. The van der Waals surface area contributed by atoms with Crippen LogP contribution in [0.3, 0.4) is 0 Å². The molecule has 0 spiro atoms. The molecule has 2 aliphatic carbocycles. The second-order valence-electron chi connectivity index (χ2n) is 5.83. The van der Waals surface area contributed by atoms with E-state index in [0.717, 1.165) is 36.5 Å². The Morgan fingerprint density at radius 1 is 0.875 bits per heavy atom. The van der Waals surface area contributed by atoms with Crippen molar-refractivity contribution in [2.45, 2.75) is 51.4 Å². The van der Waals surface area contributed by atoms with Crippen LogP contribution < -0.4 is 0 Å². The van der Waals surface area contributed by atoms with Crippen LogP contribution in [0, 0.1) is 23.7 Å². The van der Waals surface area contributed by atoms with Crippen LogP contribution in [0.25, 0.3) is 0 Å². The van der Waals surface area contributed by atoms with Gasteiger partial charge < -0.3 is 10.2 Å². The van der Waals surface area contributed by atoms with Gasteiger partial charge in [-0.15, -0.1) is 0 Å². The molecule has 2 aliphatic rings. The number of fused-ring (bicyclic) bond motifs is 1. The molecule has 0 aromatic carbocycles. The molecule has 2 heteroatoms. The molecule has 4 unspecified atom stereocenters. The van der Waals surface area contributed by atoms with Crippen LogP contribution in [0.1, 0.15) is 51.4 Å². The van der Waals surface area contributed by atoms with Crippen molar-refractivity contribution in [3.8, 4) is 0 Å². The lowest BCUT2D eigenvalue weighted by Gasteiger charge is -2.44. The van der Waals surface area contributed by atoms with Gasteiger partial charge in [-0.2, -0.15) is 0 Å². The Morgan fingerprint density at radius 2 is 1.62 bits per heavy atom. The molecule has 0 heterocycles. The lowest BCUT2D eigenvalue weighted by molar-refractivity contribution is 0.0432. The van der Waals surface area contributed by atoms with Crippen molar-refractivity contribution >= 4 is 0 Å². The van der Waals surface area contributed by atoms with Gasteiger partial charge in [0.05, 0.1) is 0 Å². The van der Waals surface area contributed by atoms with E-state index in [0.29, 0.717) is 13.2 Å². The predicted octanol–water partition coefficient (Wildman–Crippen LogP) is 2.58. The van der Waals surface area contributed by atoms with Crippen LogP contribution in [-0.2, 0) is 0 Å². The third-order valence-corrected chi connectivity index (χ3v) is 4.88. The highest BCUT2D eigenvalue weighted by Gasteiger charge is 2.37. The minimum atomic E-state index is 0.341. The molecule has 4 atom stereocenters. The van der Waals surface area contributed by atoms with E-state index < -0.39 is 0 Å². The van der Waals surface area contributed by atoms with Crippen LogP contribution >= 0.6 is 0 Å². The summed E-state index contributed by atoms with van der Waals surface area (Å²) in [6.45, 7) is 0.688. The van der Waals surface area contributed by atoms with E-state index in [2.05, 4.69) is 0 Å². The minimum absolute atomic E-state index is 0.341. The van der Waals surface area contributed by atoms with Gasteiger partial charge in [0.2, 0.25) is 0 Å². The molecule has 0 bridgehead atoms. The lowest BCUT2D eigenvalue weighted by atomic mass is 9.61. The summed E-state index contributed by atoms with van der Waals surface area (Å²) in [4.78, 5) is 0. The van der Waals surface area contributed by atoms with Crippen molar-refractivity contribution < 1.29 is 10.2 Å². The largest absolute Gasteiger partial charge is 0.396 e. The maximum atomic E-state index is 9.18. The first-order valence-corrected chi connectivity index (χ1v) is 7.07. The average Bonchev–Trinajstić information content (AvgIpc) is 2.30. The Kier molecular flexibility index (Phi) is 4.66. The average molecular weight is 226 g/mol. The molecule has 0 aromatic rings. The first kappa shape index (κ1) is 12.4. The first-order valence-electron chi connectivity index (χ1n) is 7.07. The fourth-order valence-corrected chi connectivity index (χ4v) is 4.19. The lowest BCUT2D eigenvalue weighted by Crippen LogP contribution is -2.35. The van der Waals surface area contributed by atoms with Crippen LogP contribution in [-0.4, -0.2) is 23.4 Å². The number of rotatable bonds is 4. The summed E-state index contributed by atoms with van der Waals surface area (Å²) >= 11 is 0. The molecule has 0 saturated heterocycles. The molecule has 2 nitrogen and oxygen atoms in total. The second kappa shape index (κ2) is 6.02. The molecule has 0 radical (unpaired) electrons. The van der Waals surface area contributed by atoms with E-state index in [1.165, 1.54) is 38.5 Å². The molecule has 94 valence electrons. The Morgan fingerprint density at radius 3 is 2.38 bits per heavy atom. The van der Waals surface area contributed by atoms with Crippen molar-refractivity contribution in [3.63, 3.8) is 0 Å². The van der Waals surface area contributed by atoms with E-state index in [-0.39, 0.29) is 0 Å². The monoisotopic (exact) mass is 226 g/mol. The summed E-state index contributed by atoms with van der Waals surface area (Å²) in [5, 5.41) is 18.3. The molecule has 2 N–H and O–H groups in total. The third kappa shape index (κ3) is 2.78. The zero-order valence-electron chi connectivity index (χ0n) is 10.3. The fourth-order valence-electron chi connectivity index (χ4n) is 4.19. The van der Waals surface area contributed by atoms with Gasteiger partial charge in [-0.3, -0.25) is 0 Å². The quantitative estimate of drug-likeness (QED) is 0.773. The molecular formula is C14H26O2. The Hall–Kier alpha value is -0.0800. The van der Waals surface area contributed by atoms with E-state index >= 15 is 0 Å². The van der Waals surface area contributed by atoms with Crippen LogP contribution in [0.4, 0.5) is 0 Å². The van der Waals surface area contributed by atoms with Crippen molar-refractivity contribution in [2.24, 2.45) is 23.7 Å². The molecule has 16 heavy (non-hydrogen) atoms.